The Morgan fingerprint density at radius 1 is 1.10 bits per heavy atom. The molecule has 0 spiro atoms. The van der Waals surface area contributed by atoms with Crippen molar-refractivity contribution in [3.05, 3.63) is 59.2 Å². The molecule has 1 heterocycles. The van der Waals surface area contributed by atoms with Gasteiger partial charge in [0.05, 0.1) is 12.0 Å². The predicted octanol–water partition coefficient (Wildman–Crippen LogP) is 3.38. The molecule has 102 valence electrons. The summed E-state index contributed by atoms with van der Waals surface area (Å²) in [5.74, 6) is -1.46. The molecule has 0 amide bonds. The zero-order chi connectivity index (χ0) is 14.3. The number of aromatic hydroxyl groups is 1. The molecule has 1 N–H and O–H groups in total. The summed E-state index contributed by atoms with van der Waals surface area (Å²) < 4.78 is 32.0. The minimum Gasteiger partial charge on any atom is -0.508 e. The molecule has 0 saturated carbocycles. The van der Waals surface area contributed by atoms with Gasteiger partial charge in [0.15, 0.2) is 5.78 Å². The van der Waals surface area contributed by atoms with E-state index < -0.39 is 17.7 Å². The van der Waals surface area contributed by atoms with Gasteiger partial charge in [0.2, 0.25) is 0 Å². The van der Waals surface area contributed by atoms with Crippen molar-refractivity contribution in [2.75, 3.05) is 0 Å². The molecule has 20 heavy (non-hydrogen) atoms. The fraction of sp³-hybridized carbons (Fsp3) is 0.133. The molecular weight excluding hydrogens is 266 g/mol. The third-order valence-corrected chi connectivity index (χ3v) is 3.16. The van der Waals surface area contributed by atoms with E-state index >= 15 is 0 Å². The van der Waals surface area contributed by atoms with Gasteiger partial charge < -0.3 is 9.84 Å². The standard InChI is InChI=1S/C15H10F2O3/c16-9-1-2-12-13(19)7-14(20-15(12)6-9)8-3-10(17)5-11(18)4-8/h1-6,14,18H,7H2. The van der Waals surface area contributed by atoms with Gasteiger partial charge in [-0.2, -0.15) is 0 Å². The van der Waals surface area contributed by atoms with Gasteiger partial charge in [0, 0.05) is 12.1 Å². The average molecular weight is 276 g/mol. The summed E-state index contributed by atoms with van der Waals surface area (Å²) in [5, 5.41) is 9.39. The zero-order valence-corrected chi connectivity index (χ0v) is 10.3. The molecule has 3 nitrogen and oxygen atoms in total. The first-order chi connectivity index (χ1) is 9.52. The molecular formula is C15H10F2O3. The van der Waals surface area contributed by atoms with Crippen LogP contribution in [0.3, 0.4) is 0 Å². The molecule has 1 unspecified atom stereocenters. The summed E-state index contributed by atoms with van der Waals surface area (Å²) >= 11 is 0. The first-order valence-electron chi connectivity index (χ1n) is 6.02. The Morgan fingerprint density at radius 3 is 2.65 bits per heavy atom. The van der Waals surface area contributed by atoms with Crippen LogP contribution >= 0.6 is 0 Å². The van der Waals surface area contributed by atoms with E-state index in [-0.39, 0.29) is 23.7 Å². The summed E-state index contributed by atoms with van der Waals surface area (Å²) in [5.41, 5.74) is 0.647. The van der Waals surface area contributed by atoms with Gasteiger partial charge in [-0.05, 0) is 29.8 Å². The van der Waals surface area contributed by atoms with E-state index in [1.807, 2.05) is 0 Å². The van der Waals surface area contributed by atoms with E-state index in [4.69, 9.17) is 4.74 Å². The smallest absolute Gasteiger partial charge is 0.170 e. The Labute approximate surface area is 113 Å². The van der Waals surface area contributed by atoms with Gasteiger partial charge in [0.25, 0.3) is 0 Å². The highest BCUT2D eigenvalue weighted by atomic mass is 19.1. The Morgan fingerprint density at radius 2 is 1.90 bits per heavy atom. The number of fused-ring (bicyclic) bond motifs is 1. The molecule has 1 atom stereocenters. The van der Waals surface area contributed by atoms with Crippen LogP contribution in [0, 0.1) is 11.6 Å². The van der Waals surface area contributed by atoms with Crippen LogP contribution < -0.4 is 4.74 Å². The third-order valence-electron chi connectivity index (χ3n) is 3.16. The lowest BCUT2D eigenvalue weighted by Crippen LogP contribution is -2.20. The average Bonchev–Trinajstić information content (AvgIpc) is 2.36. The van der Waals surface area contributed by atoms with Crippen molar-refractivity contribution in [3.63, 3.8) is 0 Å². The Bertz CT molecular complexity index is 677. The lowest BCUT2D eigenvalue weighted by Gasteiger charge is -2.25. The maximum atomic E-state index is 13.3. The van der Waals surface area contributed by atoms with Crippen LogP contribution in [-0.4, -0.2) is 10.9 Å². The van der Waals surface area contributed by atoms with Crippen molar-refractivity contribution in [1.29, 1.82) is 0 Å². The van der Waals surface area contributed by atoms with E-state index in [2.05, 4.69) is 0 Å². The zero-order valence-electron chi connectivity index (χ0n) is 10.3. The van der Waals surface area contributed by atoms with Gasteiger partial charge >= 0.3 is 0 Å². The number of hydrogen-bond donors (Lipinski definition) is 1. The molecule has 0 radical (unpaired) electrons. The lowest BCUT2D eigenvalue weighted by molar-refractivity contribution is 0.0848. The summed E-state index contributed by atoms with van der Waals surface area (Å²) in [7, 11) is 0. The fourth-order valence-electron chi connectivity index (χ4n) is 2.27. The van der Waals surface area contributed by atoms with Gasteiger partial charge in [-0.3, -0.25) is 4.79 Å². The van der Waals surface area contributed by atoms with Crippen LogP contribution in [-0.2, 0) is 0 Å². The topological polar surface area (TPSA) is 46.5 Å². The number of halogens is 2. The second-order valence-corrected chi connectivity index (χ2v) is 4.62. The molecule has 0 aromatic heterocycles. The molecule has 5 heteroatoms. The number of ether oxygens (including phenoxy) is 1. The number of carbonyl (C=O) groups excluding carboxylic acids is 1. The number of benzene rings is 2. The lowest BCUT2D eigenvalue weighted by atomic mass is 9.96. The van der Waals surface area contributed by atoms with Crippen LogP contribution in [0.1, 0.15) is 28.4 Å². The van der Waals surface area contributed by atoms with E-state index in [1.165, 1.54) is 24.3 Å². The quantitative estimate of drug-likeness (QED) is 0.868. The monoisotopic (exact) mass is 276 g/mol. The van der Waals surface area contributed by atoms with E-state index in [9.17, 15) is 18.7 Å². The SMILES string of the molecule is O=C1CC(c2cc(O)cc(F)c2)Oc2cc(F)ccc21. The highest BCUT2D eigenvalue weighted by Crippen LogP contribution is 2.36. The number of ketones is 1. The van der Waals surface area contributed by atoms with Gasteiger partial charge in [-0.1, -0.05) is 0 Å². The van der Waals surface area contributed by atoms with E-state index in [1.54, 1.807) is 0 Å². The van der Waals surface area contributed by atoms with Crippen LogP contribution in [0.2, 0.25) is 0 Å². The van der Waals surface area contributed by atoms with Gasteiger partial charge in [-0.25, -0.2) is 8.78 Å². The van der Waals surface area contributed by atoms with Gasteiger partial charge in [-0.15, -0.1) is 0 Å². The Balaban J connectivity index is 2.00. The first kappa shape index (κ1) is 12.6. The number of phenols is 1. The highest BCUT2D eigenvalue weighted by Gasteiger charge is 2.28. The Hall–Kier alpha value is -2.43. The number of rotatable bonds is 1. The summed E-state index contributed by atoms with van der Waals surface area (Å²) in [6, 6.07) is 7.15. The number of hydrogen-bond acceptors (Lipinski definition) is 3. The minimum absolute atomic E-state index is 0.0154. The van der Waals surface area contributed by atoms with Crippen LogP contribution in [0.15, 0.2) is 36.4 Å². The van der Waals surface area contributed by atoms with Crippen molar-refractivity contribution in [3.8, 4) is 11.5 Å². The molecule has 0 aliphatic carbocycles. The van der Waals surface area contributed by atoms with Crippen molar-refractivity contribution >= 4 is 5.78 Å². The number of carbonyl (C=O) groups is 1. The van der Waals surface area contributed by atoms with E-state index in [0.717, 1.165) is 12.1 Å². The van der Waals surface area contributed by atoms with Crippen molar-refractivity contribution in [1.82, 2.24) is 0 Å². The van der Waals surface area contributed by atoms with Crippen LogP contribution in [0.5, 0.6) is 11.5 Å². The molecule has 0 bridgehead atoms. The molecule has 1 aliphatic heterocycles. The van der Waals surface area contributed by atoms with Crippen molar-refractivity contribution in [2.45, 2.75) is 12.5 Å². The summed E-state index contributed by atoms with van der Waals surface area (Å²) in [4.78, 5) is 12.0. The second-order valence-electron chi connectivity index (χ2n) is 4.62. The summed E-state index contributed by atoms with van der Waals surface area (Å²) in [6.07, 6.45) is -0.722. The van der Waals surface area contributed by atoms with Crippen LogP contribution in [0.25, 0.3) is 0 Å². The van der Waals surface area contributed by atoms with Gasteiger partial charge in [0.1, 0.15) is 29.2 Å². The first-order valence-corrected chi connectivity index (χ1v) is 6.02. The Kier molecular flexibility index (Phi) is 2.89. The maximum Gasteiger partial charge on any atom is 0.170 e. The molecule has 1 aliphatic rings. The number of Topliss-reactive ketones (excluding diaryl/α,β-unsaturated/α-hetero) is 1. The molecule has 2 aromatic carbocycles. The molecule has 0 saturated heterocycles. The fourth-order valence-corrected chi connectivity index (χ4v) is 2.27. The predicted molar refractivity (Wildman–Crippen MR) is 66.8 cm³/mol. The third kappa shape index (κ3) is 2.22. The highest BCUT2D eigenvalue weighted by molar-refractivity contribution is 6.00. The largest absolute Gasteiger partial charge is 0.508 e. The maximum absolute atomic E-state index is 13.3. The normalized spacial score (nSPS) is 17.5. The molecule has 3 rings (SSSR count). The van der Waals surface area contributed by atoms with Crippen molar-refractivity contribution < 1.29 is 23.4 Å². The van der Waals surface area contributed by atoms with Crippen molar-refractivity contribution in [2.24, 2.45) is 0 Å². The number of phenolic OH excluding ortho intramolecular Hbond substituents is 1. The molecule has 2 aromatic rings. The molecule has 0 fully saturated rings. The van der Waals surface area contributed by atoms with E-state index in [0.29, 0.717) is 11.1 Å². The van der Waals surface area contributed by atoms with Crippen LogP contribution in [0.4, 0.5) is 8.78 Å². The second kappa shape index (κ2) is 4.59. The minimum atomic E-state index is -0.738. The summed E-state index contributed by atoms with van der Waals surface area (Å²) in [6.45, 7) is 0.